The van der Waals surface area contributed by atoms with E-state index < -0.39 is 31.1 Å². The molecule has 3 rings (SSSR count). The third kappa shape index (κ3) is 15.4. The van der Waals surface area contributed by atoms with Gasteiger partial charge in [-0.25, -0.2) is 0 Å². The minimum atomic E-state index is -2.75. The summed E-state index contributed by atoms with van der Waals surface area (Å²) in [6.45, 7) is 41.4. The molecule has 370 valence electrons. The highest BCUT2D eigenvalue weighted by molar-refractivity contribution is 6.99. The smallest absolute Gasteiger partial charge is 0.261 e. The van der Waals surface area contributed by atoms with Gasteiger partial charge in [-0.15, -0.1) is 0 Å². The Bertz CT molecular complexity index is 1890. The summed E-state index contributed by atoms with van der Waals surface area (Å²) in [4.78, 5) is 14.1. The van der Waals surface area contributed by atoms with Crippen LogP contribution in [0.2, 0.25) is 41.3 Å². The van der Waals surface area contributed by atoms with E-state index in [1.54, 1.807) is 7.11 Å². The van der Waals surface area contributed by atoms with Crippen LogP contribution in [0.4, 0.5) is 0 Å². The Morgan fingerprint density at radius 2 is 1.20 bits per heavy atom. The van der Waals surface area contributed by atoms with E-state index in [1.165, 1.54) is 10.4 Å². The summed E-state index contributed by atoms with van der Waals surface area (Å²) >= 11 is 0. The zero-order chi connectivity index (χ0) is 49.9. The van der Waals surface area contributed by atoms with Gasteiger partial charge in [0.05, 0.1) is 32.0 Å². The second-order valence-electron chi connectivity index (χ2n) is 23.4. The van der Waals surface area contributed by atoms with Gasteiger partial charge in [0.15, 0.2) is 16.6 Å². The summed E-state index contributed by atoms with van der Waals surface area (Å²) in [5.74, 6) is 0.487. The largest absolute Gasteiger partial charge is 0.497 e. The molecule has 0 heterocycles. The predicted molar refractivity (Wildman–Crippen MR) is 286 cm³/mol. The van der Waals surface area contributed by atoms with E-state index in [0.29, 0.717) is 39.1 Å². The van der Waals surface area contributed by atoms with E-state index >= 15 is 0 Å². The number of benzene rings is 3. The fourth-order valence-corrected chi connectivity index (χ4v) is 15.5. The number of aliphatic hydroxyl groups is 1. The molecule has 0 aliphatic carbocycles. The number of allylic oxidation sites excluding steroid dienone is 1. The first kappa shape index (κ1) is 57.6. The molecule has 10 heteroatoms. The van der Waals surface area contributed by atoms with E-state index in [1.807, 2.05) is 31.2 Å². The van der Waals surface area contributed by atoms with Crippen molar-refractivity contribution in [1.29, 1.82) is 0 Å². The second kappa shape index (κ2) is 24.2. The first-order valence-electron chi connectivity index (χ1n) is 24.7. The first-order valence-corrected chi connectivity index (χ1v) is 32.4. The minimum absolute atomic E-state index is 0.0264. The zero-order valence-electron chi connectivity index (χ0n) is 44.8. The van der Waals surface area contributed by atoms with Crippen LogP contribution in [-0.4, -0.2) is 74.5 Å². The lowest BCUT2D eigenvalue weighted by Gasteiger charge is -2.43. The Morgan fingerprint density at radius 1 is 0.682 bits per heavy atom. The maximum absolute atomic E-state index is 14.1. The van der Waals surface area contributed by atoms with E-state index in [4.69, 9.17) is 22.8 Å². The normalized spacial score (nSPS) is 16.8. The van der Waals surface area contributed by atoms with Crippen LogP contribution in [0.25, 0.3) is 0 Å². The first-order chi connectivity index (χ1) is 30.5. The van der Waals surface area contributed by atoms with Gasteiger partial charge in [0.1, 0.15) is 11.5 Å². The molecule has 1 N–H and O–H groups in total. The van der Waals surface area contributed by atoms with Gasteiger partial charge in [-0.2, -0.15) is 0 Å². The SMILES string of the molecule is COc1ccc(CO[C@H](CCO[Si](c2ccccc2)(c2ccccc2)C(C)(C)C)[C@H](C)CCC(=O)[C@@H](C)/C=C(\C)[C@H](O[Si](C)(C)C(C)(C)C)[C@@H](C)[C@H](O)[C@@H](C)CO[Si](C)(C)C(C)(C)C)cc1. The molecule has 0 saturated heterocycles. The van der Waals surface area contributed by atoms with Crippen LogP contribution in [0.3, 0.4) is 0 Å². The zero-order valence-corrected chi connectivity index (χ0v) is 47.8. The molecule has 0 aliphatic rings. The number of rotatable bonds is 25. The van der Waals surface area contributed by atoms with Crippen molar-refractivity contribution < 1.29 is 32.7 Å². The van der Waals surface area contributed by atoms with Crippen LogP contribution in [0.5, 0.6) is 5.75 Å². The Labute approximate surface area is 406 Å². The van der Waals surface area contributed by atoms with E-state index in [0.717, 1.165) is 16.9 Å². The average molecular weight is 962 g/mol. The van der Waals surface area contributed by atoms with Crippen molar-refractivity contribution in [3.05, 3.63) is 102 Å². The number of methoxy groups -OCH3 is 1. The monoisotopic (exact) mass is 961 g/mol. The van der Waals surface area contributed by atoms with Crippen LogP contribution in [0.1, 0.15) is 122 Å². The summed E-state index contributed by atoms with van der Waals surface area (Å²) in [6.07, 6.45) is 2.78. The quantitative estimate of drug-likeness (QED) is 0.0669. The van der Waals surface area contributed by atoms with Crippen LogP contribution in [-0.2, 0) is 29.4 Å². The number of aliphatic hydroxyl groups excluding tert-OH is 1. The number of carbonyl (C=O) groups is 1. The van der Waals surface area contributed by atoms with Crippen molar-refractivity contribution in [3.8, 4) is 5.75 Å². The number of hydrogen-bond acceptors (Lipinski definition) is 7. The number of ether oxygens (including phenoxy) is 2. The molecule has 0 spiro atoms. The third-order valence-electron chi connectivity index (χ3n) is 15.1. The molecular weight excluding hydrogens is 869 g/mol. The van der Waals surface area contributed by atoms with Gasteiger partial charge in [-0.3, -0.25) is 4.79 Å². The van der Waals surface area contributed by atoms with Gasteiger partial charge >= 0.3 is 0 Å². The summed E-state index contributed by atoms with van der Waals surface area (Å²) in [5, 5.41) is 14.3. The Morgan fingerprint density at radius 3 is 1.67 bits per heavy atom. The number of ketones is 1. The van der Waals surface area contributed by atoms with Crippen molar-refractivity contribution >= 4 is 41.1 Å². The van der Waals surface area contributed by atoms with Gasteiger partial charge in [-0.1, -0.05) is 169 Å². The Hall–Kier alpha value is -2.68. The second-order valence-corrected chi connectivity index (χ2v) is 37.2. The number of Topliss-reactive ketones (excluding diaryl/α,β-unsaturated/α-hetero) is 1. The highest BCUT2D eigenvalue weighted by atomic mass is 28.4. The Kier molecular flexibility index (Phi) is 21.2. The molecule has 0 aromatic heterocycles. The van der Waals surface area contributed by atoms with Crippen molar-refractivity contribution in [2.24, 2.45) is 23.7 Å². The predicted octanol–water partition coefficient (Wildman–Crippen LogP) is 13.2. The fourth-order valence-electron chi connectivity index (χ4n) is 8.37. The molecule has 7 atom stereocenters. The van der Waals surface area contributed by atoms with Gasteiger partial charge in [-0.05, 0) is 101 Å². The molecule has 3 aromatic carbocycles. The fraction of sp³-hybridized carbons (Fsp3) is 0.625. The van der Waals surface area contributed by atoms with Crippen molar-refractivity contribution in [1.82, 2.24) is 0 Å². The number of hydrogen-bond donors (Lipinski definition) is 1. The molecular formula is C56H92O7Si3. The lowest BCUT2D eigenvalue weighted by Crippen LogP contribution is -2.66. The summed E-state index contributed by atoms with van der Waals surface area (Å²) in [7, 11) is -5.33. The highest BCUT2D eigenvalue weighted by Gasteiger charge is 2.50. The molecule has 7 nitrogen and oxygen atoms in total. The summed E-state index contributed by atoms with van der Waals surface area (Å²) in [6, 6.07) is 29.5. The minimum Gasteiger partial charge on any atom is -0.497 e. The van der Waals surface area contributed by atoms with Crippen LogP contribution in [0.15, 0.2) is 96.6 Å². The molecule has 0 bridgehead atoms. The van der Waals surface area contributed by atoms with Crippen LogP contribution in [0, 0.1) is 23.7 Å². The van der Waals surface area contributed by atoms with Gasteiger partial charge in [0.25, 0.3) is 8.32 Å². The topological polar surface area (TPSA) is 83.5 Å². The molecule has 3 aromatic rings. The van der Waals surface area contributed by atoms with Gasteiger partial charge < -0.3 is 27.9 Å². The third-order valence-corrected chi connectivity index (χ3v) is 29.1. The maximum Gasteiger partial charge on any atom is 0.261 e. The molecule has 0 saturated carbocycles. The maximum atomic E-state index is 14.1. The van der Waals surface area contributed by atoms with E-state index in [-0.39, 0.29) is 56.8 Å². The molecule has 0 amide bonds. The van der Waals surface area contributed by atoms with Crippen molar-refractivity contribution in [3.63, 3.8) is 0 Å². The Balaban J connectivity index is 1.86. The number of carbonyl (C=O) groups excluding carboxylic acids is 1. The molecule has 0 radical (unpaired) electrons. The lowest BCUT2D eigenvalue weighted by atomic mass is 9.85. The highest BCUT2D eigenvalue weighted by Crippen LogP contribution is 2.41. The van der Waals surface area contributed by atoms with Gasteiger partial charge in [0, 0.05) is 37.4 Å². The lowest BCUT2D eigenvalue weighted by molar-refractivity contribution is -0.121. The van der Waals surface area contributed by atoms with Crippen LogP contribution >= 0.6 is 0 Å². The molecule has 0 aliphatic heterocycles. The molecule has 0 unspecified atom stereocenters. The summed E-state index contributed by atoms with van der Waals surface area (Å²) < 4.78 is 33.3. The average Bonchev–Trinajstić information content (AvgIpc) is 3.25. The molecule has 0 fully saturated rings. The standard InChI is InChI=1S/C56H92O7Si3/c1-41(30-35-50(57)42(2)38-43(3)53(63-65(18,19)55(9,10)11)45(5)52(58)44(4)39-62-64(16,17)54(6,7)8)51(60-40-46-31-33-47(59-15)34-32-46)36-37-61-66(56(12,13)14,48-26-22-20-23-27-48)49-28-24-21-25-29-49/h20-29,31-34,38,41-42,44-45,51-53,58H,30,35-37,39-40H2,1-19H3/b43-38+/t41-,42+,44+,45+,51-,52-,53+/m1/s1. The van der Waals surface area contributed by atoms with Crippen molar-refractivity contribution in [2.45, 2.75) is 182 Å². The van der Waals surface area contributed by atoms with Crippen LogP contribution < -0.4 is 15.1 Å². The molecule has 66 heavy (non-hydrogen) atoms. The van der Waals surface area contributed by atoms with E-state index in [9.17, 15) is 9.90 Å². The van der Waals surface area contributed by atoms with Gasteiger partial charge in [0.2, 0.25) is 0 Å². The summed E-state index contributed by atoms with van der Waals surface area (Å²) in [5.41, 5.74) is 2.07. The van der Waals surface area contributed by atoms with E-state index in [2.05, 4.69) is 183 Å². The van der Waals surface area contributed by atoms with Crippen molar-refractivity contribution in [2.75, 3.05) is 20.3 Å².